The molecule has 0 atom stereocenters. The van der Waals surface area contributed by atoms with Crippen LogP contribution in [0.4, 0.5) is 10.5 Å². The molecule has 1 aliphatic rings. The van der Waals surface area contributed by atoms with Gasteiger partial charge in [0.1, 0.15) is 5.60 Å². The summed E-state index contributed by atoms with van der Waals surface area (Å²) in [4.78, 5) is 11.2. The fourth-order valence-corrected chi connectivity index (χ4v) is 1.40. The van der Waals surface area contributed by atoms with Crippen molar-refractivity contribution in [3.05, 3.63) is 60.1 Å². The first kappa shape index (κ1) is 20.0. The number of carbonyl (C=O) groups excluding carboxylic acids is 1. The number of aliphatic hydroxyl groups is 1. The number of aliphatic hydroxyl groups excluding tert-OH is 1. The van der Waals surface area contributed by atoms with Gasteiger partial charge in [0.15, 0.2) is 0 Å². The molecule has 1 aromatic rings. The Labute approximate surface area is 140 Å². The molecule has 120 valence electrons. The van der Waals surface area contributed by atoms with E-state index in [-0.39, 0.29) is 17.1 Å². The van der Waals surface area contributed by atoms with Crippen LogP contribution in [0.1, 0.15) is 20.8 Å². The fourth-order valence-electron chi connectivity index (χ4n) is 1.40. The van der Waals surface area contributed by atoms with Gasteiger partial charge >= 0.3 is 23.2 Å². The quantitative estimate of drug-likeness (QED) is 0.466. The van der Waals surface area contributed by atoms with Crippen LogP contribution in [-0.4, -0.2) is 16.8 Å². The summed E-state index contributed by atoms with van der Waals surface area (Å²) in [6.45, 7) is 5.49. The largest absolute Gasteiger partial charge is 2.00 e. The molecule has 0 fully saturated rings. The zero-order valence-corrected chi connectivity index (χ0v) is 13.7. The van der Waals surface area contributed by atoms with Crippen molar-refractivity contribution in [3.8, 4) is 0 Å². The molecular weight excluding hydrogens is 326 g/mol. The molecule has 0 saturated heterocycles. The Kier molecular flexibility index (Phi) is 8.23. The second-order valence-corrected chi connectivity index (χ2v) is 5.28. The SMILES string of the molecule is CC(C)(C)OC(=O)Nc1ccc[cH-]1.[Fe+2].[O-]C(O)=C1C=CC=C1. The van der Waals surface area contributed by atoms with Crippen molar-refractivity contribution in [1.82, 2.24) is 0 Å². The number of amides is 1. The molecule has 1 aliphatic carbocycles. The Balaban J connectivity index is 0.000000423. The summed E-state index contributed by atoms with van der Waals surface area (Å²) < 4.78 is 5.06. The van der Waals surface area contributed by atoms with E-state index in [2.05, 4.69) is 5.32 Å². The first-order chi connectivity index (χ1) is 9.78. The van der Waals surface area contributed by atoms with E-state index in [1.54, 1.807) is 24.3 Å². The van der Waals surface area contributed by atoms with Gasteiger partial charge in [0, 0.05) is 0 Å². The molecule has 22 heavy (non-hydrogen) atoms. The average Bonchev–Trinajstić information content (AvgIpc) is 2.98. The predicted molar refractivity (Wildman–Crippen MR) is 79.8 cm³/mol. The van der Waals surface area contributed by atoms with Crippen LogP contribution >= 0.6 is 0 Å². The molecule has 0 spiro atoms. The van der Waals surface area contributed by atoms with Crippen LogP contribution in [0.25, 0.3) is 0 Å². The van der Waals surface area contributed by atoms with Gasteiger partial charge in [0.05, 0.1) is 5.95 Å². The summed E-state index contributed by atoms with van der Waals surface area (Å²) in [5, 5.41) is 21.0. The van der Waals surface area contributed by atoms with Crippen LogP contribution in [-0.2, 0) is 21.8 Å². The van der Waals surface area contributed by atoms with E-state index in [1.807, 2.05) is 45.0 Å². The standard InChI is InChI=1S/C10H14NO2.C6H6O2.Fe/c1-10(2,3)13-9(12)11-8-6-4-5-7-8;7-6(8)5-3-1-2-4-5;/h4-7H,1-3H3,(H,11,12);1-4,7-8H;/q-1;;+2/p-1. The summed E-state index contributed by atoms with van der Waals surface area (Å²) in [6, 6.07) is 7.33. The topological polar surface area (TPSA) is 81.6 Å². The van der Waals surface area contributed by atoms with Gasteiger partial charge in [-0.05, 0) is 26.3 Å². The molecule has 0 heterocycles. The van der Waals surface area contributed by atoms with E-state index >= 15 is 0 Å². The smallest absolute Gasteiger partial charge is 0.629 e. The number of allylic oxidation sites excluding steroid dienone is 5. The van der Waals surface area contributed by atoms with Gasteiger partial charge < -0.3 is 20.3 Å². The van der Waals surface area contributed by atoms with E-state index in [0.717, 1.165) is 5.69 Å². The van der Waals surface area contributed by atoms with Crippen molar-refractivity contribution in [2.75, 3.05) is 5.32 Å². The van der Waals surface area contributed by atoms with Crippen molar-refractivity contribution >= 4 is 11.8 Å². The maximum atomic E-state index is 11.2. The number of anilines is 1. The molecule has 0 aromatic heterocycles. The summed E-state index contributed by atoms with van der Waals surface area (Å²) in [5.41, 5.74) is 0.663. The maximum Gasteiger partial charge on any atom is 2.00 e. The van der Waals surface area contributed by atoms with Crippen LogP contribution in [0.15, 0.2) is 60.1 Å². The van der Waals surface area contributed by atoms with Gasteiger partial charge in [-0.15, -0.1) is 6.07 Å². The minimum atomic E-state index is -0.866. The van der Waals surface area contributed by atoms with Crippen molar-refractivity contribution in [2.45, 2.75) is 26.4 Å². The fraction of sp³-hybridized carbons (Fsp3) is 0.250. The minimum absolute atomic E-state index is 0. The number of ether oxygens (including phenoxy) is 1. The molecule has 0 aliphatic heterocycles. The van der Waals surface area contributed by atoms with Gasteiger partial charge in [0.2, 0.25) is 0 Å². The molecule has 5 nitrogen and oxygen atoms in total. The molecule has 6 heteroatoms. The molecule has 1 amide bonds. The van der Waals surface area contributed by atoms with E-state index in [4.69, 9.17) is 9.84 Å². The van der Waals surface area contributed by atoms with Gasteiger partial charge in [0.25, 0.3) is 0 Å². The van der Waals surface area contributed by atoms with Crippen LogP contribution in [0.3, 0.4) is 0 Å². The Hall–Kier alpha value is -2.04. The van der Waals surface area contributed by atoms with Crippen molar-refractivity contribution < 1.29 is 36.8 Å². The summed E-state index contributed by atoms with van der Waals surface area (Å²) in [7, 11) is 0. The first-order valence-corrected chi connectivity index (χ1v) is 6.44. The van der Waals surface area contributed by atoms with E-state index in [0.29, 0.717) is 5.57 Å². The Morgan fingerprint density at radius 1 is 1.32 bits per heavy atom. The Morgan fingerprint density at radius 3 is 2.27 bits per heavy atom. The predicted octanol–water partition coefficient (Wildman–Crippen LogP) is 2.99. The number of rotatable bonds is 1. The molecule has 1 aromatic carbocycles. The molecule has 2 rings (SSSR count). The number of nitrogens with one attached hydrogen (secondary N) is 1. The maximum absolute atomic E-state index is 11.2. The second-order valence-electron chi connectivity index (χ2n) is 5.28. The summed E-state index contributed by atoms with van der Waals surface area (Å²) in [5.74, 6) is -0.866. The molecule has 0 saturated carbocycles. The van der Waals surface area contributed by atoms with Gasteiger partial charge in [-0.1, -0.05) is 30.0 Å². The van der Waals surface area contributed by atoms with Crippen molar-refractivity contribution in [1.29, 1.82) is 0 Å². The molecule has 0 unspecified atom stereocenters. The third kappa shape index (κ3) is 8.29. The van der Waals surface area contributed by atoms with E-state index in [1.165, 1.54) is 0 Å². The minimum Gasteiger partial charge on any atom is -0.629 e. The van der Waals surface area contributed by atoms with E-state index in [9.17, 15) is 9.90 Å². The second kappa shape index (κ2) is 9.07. The third-order valence-electron chi connectivity index (χ3n) is 2.22. The number of hydrogen-bond acceptors (Lipinski definition) is 4. The molecular formula is C16H19FeNO4. The Bertz CT molecular complexity index is 533. The van der Waals surface area contributed by atoms with Crippen molar-refractivity contribution in [3.63, 3.8) is 0 Å². The average molecular weight is 345 g/mol. The van der Waals surface area contributed by atoms with Crippen LogP contribution < -0.4 is 10.4 Å². The van der Waals surface area contributed by atoms with E-state index < -0.39 is 17.6 Å². The van der Waals surface area contributed by atoms with Gasteiger partial charge in [-0.25, -0.2) is 10.9 Å². The van der Waals surface area contributed by atoms with Gasteiger partial charge in [-0.3, -0.25) is 0 Å². The van der Waals surface area contributed by atoms with Gasteiger partial charge in [-0.2, -0.15) is 12.1 Å². The zero-order chi connectivity index (χ0) is 15.9. The first-order valence-electron chi connectivity index (χ1n) is 6.44. The Morgan fingerprint density at radius 2 is 1.91 bits per heavy atom. The monoisotopic (exact) mass is 345 g/mol. The number of hydrogen-bond donors (Lipinski definition) is 2. The molecule has 0 bridgehead atoms. The summed E-state index contributed by atoms with van der Waals surface area (Å²) >= 11 is 0. The third-order valence-corrected chi connectivity index (χ3v) is 2.22. The molecule has 0 radical (unpaired) electrons. The number of carbonyl (C=O) groups is 1. The van der Waals surface area contributed by atoms with Crippen LogP contribution in [0.5, 0.6) is 0 Å². The van der Waals surface area contributed by atoms with Crippen LogP contribution in [0, 0.1) is 0 Å². The van der Waals surface area contributed by atoms with Crippen molar-refractivity contribution in [2.24, 2.45) is 0 Å². The summed E-state index contributed by atoms with van der Waals surface area (Å²) in [6.07, 6.45) is 6.09. The van der Waals surface area contributed by atoms with Crippen LogP contribution in [0.2, 0.25) is 0 Å². The molecule has 2 N–H and O–H groups in total. The normalized spacial score (nSPS) is 12.0. The zero-order valence-electron chi connectivity index (χ0n) is 12.6.